The molecule has 1 atom stereocenters. The Hall–Kier alpha value is -1.80. The van der Waals surface area contributed by atoms with Gasteiger partial charge in [0.1, 0.15) is 5.78 Å². The SMILES string of the molecule is CC(C)C[C@H](N=[N+]=[N-])C(=O)Cc1ccccc1. The van der Waals surface area contributed by atoms with E-state index in [4.69, 9.17) is 5.53 Å². The molecule has 4 heteroatoms. The van der Waals surface area contributed by atoms with Crippen molar-refractivity contribution in [3.05, 3.63) is 46.3 Å². The maximum Gasteiger partial charge on any atom is 0.146 e. The molecule has 0 amide bonds. The molecule has 0 radical (unpaired) electrons. The molecule has 17 heavy (non-hydrogen) atoms. The first-order valence-corrected chi connectivity index (χ1v) is 5.74. The molecule has 0 spiro atoms. The third-order valence-corrected chi connectivity index (χ3v) is 2.48. The van der Waals surface area contributed by atoms with Crippen LogP contribution >= 0.6 is 0 Å². The summed E-state index contributed by atoms with van der Waals surface area (Å²) in [6.07, 6.45) is 0.937. The van der Waals surface area contributed by atoms with Gasteiger partial charge >= 0.3 is 0 Å². The first kappa shape index (κ1) is 13.3. The molecule has 0 N–H and O–H groups in total. The smallest absolute Gasteiger partial charge is 0.146 e. The van der Waals surface area contributed by atoms with Crippen LogP contribution in [0.2, 0.25) is 0 Å². The molecule has 90 valence electrons. The Morgan fingerprint density at radius 3 is 2.53 bits per heavy atom. The fraction of sp³-hybridized carbons (Fsp3) is 0.462. The number of hydrogen-bond acceptors (Lipinski definition) is 2. The first-order valence-electron chi connectivity index (χ1n) is 5.74. The minimum atomic E-state index is -0.541. The number of carbonyl (C=O) groups excluding carboxylic acids is 1. The summed E-state index contributed by atoms with van der Waals surface area (Å²) < 4.78 is 0. The highest BCUT2D eigenvalue weighted by atomic mass is 16.1. The molecule has 0 saturated heterocycles. The van der Waals surface area contributed by atoms with Crippen LogP contribution in [0.15, 0.2) is 35.4 Å². The van der Waals surface area contributed by atoms with Gasteiger partial charge in [-0.15, -0.1) is 0 Å². The lowest BCUT2D eigenvalue weighted by Gasteiger charge is -2.12. The Morgan fingerprint density at radius 1 is 1.35 bits per heavy atom. The number of carbonyl (C=O) groups is 1. The number of nitrogens with zero attached hydrogens (tertiary/aromatic N) is 3. The topological polar surface area (TPSA) is 65.8 Å². The number of azide groups is 1. The standard InChI is InChI=1S/C13H17N3O/c1-10(2)8-12(15-16-14)13(17)9-11-6-4-3-5-7-11/h3-7,10,12H,8-9H2,1-2H3/t12-/m0/s1. The van der Waals surface area contributed by atoms with Gasteiger partial charge in [0.25, 0.3) is 0 Å². The van der Waals surface area contributed by atoms with E-state index < -0.39 is 6.04 Å². The lowest BCUT2D eigenvalue weighted by molar-refractivity contribution is -0.119. The van der Waals surface area contributed by atoms with Crippen LogP contribution in [0.1, 0.15) is 25.8 Å². The normalized spacial score (nSPS) is 11.9. The quantitative estimate of drug-likeness (QED) is 0.419. The molecule has 0 unspecified atom stereocenters. The predicted molar refractivity (Wildman–Crippen MR) is 67.5 cm³/mol. The molecule has 1 rings (SSSR count). The van der Waals surface area contributed by atoms with Crippen LogP contribution in [0.3, 0.4) is 0 Å². The van der Waals surface area contributed by atoms with Gasteiger partial charge in [-0.2, -0.15) is 0 Å². The summed E-state index contributed by atoms with van der Waals surface area (Å²) in [5.74, 6) is 0.327. The summed E-state index contributed by atoms with van der Waals surface area (Å²) in [6.45, 7) is 4.02. The van der Waals surface area contributed by atoms with Gasteiger partial charge in [0.2, 0.25) is 0 Å². The molecule has 0 aliphatic carbocycles. The van der Waals surface area contributed by atoms with E-state index in [1.54, 1.807) is 0 Å². The van der Waals surface area contributed by atoms with Crippen molar-refractivity contribution in [2.45, 2.75) is 32.7 Å². The molecule has 0 saturated carbocycles. The van der Waals surface area contributed by atoms with Crippen LogP contribution < -0.4 is 0 Å². The van der Waals surface area contributed by atoms with E-state index in [1.807, 2.05) is 44.2 Å². The van der Waals surface area contributed by atoms with Crippen molar-refractivity contribution < 1.29 is 4.79 Å². The second kappa shape index (κ2) is 6.71. The van der Waals surface area contributed by atoms with Crippen LogP contribution in [-0.4, -0.2) is 11.8 Å². The van der Waals surface area contributed by atoms with Gasteiger partial charge < -0.3 is 0 Å². The molecule has 0 aliphatic rings. The highest BCUT2D eigenvalue weighted by molar-refractivity contribution is 5.86. The lowest BCUT2D eigenvalue weighted by atomic mass is 9.97. The van der Waals surface area contributed by atoms with Crippen LogP contribution in [0.4, 0.5) is 0 Å². The van der Waals surface area contributed by atoms with Gasteiger partial charge in [0.05, 0.1) is 6.04 Å². The zero-order valence-corrected chi connectivity index (χ0v) is 10.2. The Kier molecular flexibility index (Phi) is 5.24. The maximum absolute atomic E-state index is 12.0. The number of benzene rings is 1. The van der Waals surface area contributed by atoms with Gasteiger partial charge in [-0.3, -0.25) is 4.79 Å². The van der Waals surface area contributed by atoms with Crippen LogP contribution in [0.5, 0.6) is 0 Å². The largest absolute Gasteiger partial charge is 0.299 e. The van der Waals surface area contributed by atoms with E-state index in [0.717, 1.165) is 5.56 Å². The Bertz CT molecular complexity index is 408. The molecule has 4 nitrogen and oxygen atoms in total. The van der Waals surface area contributed by atoms with Gasteiger partial charge in [-0.1, -0.05) is 49.3 Å². The lowest BCUT2D eigenvalue weighted by Crippen LogP contribution is -2.22. The highest BCUT2D eigenvalue weighted by Crippen LogP contribution is 2.12. The van der Waals surface area contributed by atoms with Crippen LogP contribution in [0.25, 0.3) is 10.4 Å². The average molecular weight is 231 g/mol. The third-order valence-electron chi connectivity index (χ3n) is 2.48. The average Bonchev–Trinajstić information content (AvgIpc) is 2.29. The number of Topliss-reactive ketones (excluding diaryl/α,β-unsaturated/α-hetero) is 1. The molecular weight excluding hydrogens is 214 g/mol. The molecule has 0 aromatic heterocycles. The third kappa shape index (κ3) is 4.70. The van der Waals surface area contributed by atoms with Gasteiger partial charge in [-0.25, -0.2) is 0 Å². The monoisotopic (exact) mass is 231 g/mol. The number of rotatable bonds is 6. The summed E-state index contributed by atoms with van der Waals surface area (Å²) in [6, 6.07) is 8.97. The predicted octanol–water partition coefficient (Wildman–Crippen LogP) is 3.52. The summed E-state index contributed by atoms with van der Waals surface area (Å²) in [4.78, 5) is 14.7. The summed E-state index contributed by atoms with van der Waals surface area (Å²) in [5.41, 5.74) is 9.43. The molecule has 0 aliphatic heterocycles. The van der Waals surface area contributed by atoms with Crippen molar-refractivity contribution in [3.8, 4) is 0 Å². The van der Waals surface area contributed by atoms with Crippen LogP contribution in [0, 0.1) is 5.92 Å². The van der Waals surface area contributed by atoms with Crippen molar-refractivity contribution in [1.82, 2.24) is 0 Å². The van der Waals surface area contributed by atoms with Gasteiger partial charge in [0.15, 0.2) is 0 Å². The van der Waals surface area contributed by atoms with Crippen molar-refractivity contribution in [3.63, 3.8) is 0 Å². The van der Waals surface area contributed by atoms with E-state index in [9.17, 15) is 4.79 Å². The maximum atomic E-state index is 12.0. The molecule has 0 fully saturated rings. The second-order valence-corrected chi connectivity index (χ2v) is 4.48. The Balaban J connectivity index is 2.69. The molecule has 0 heterocycles. The highest BCUT2D eigenvalue weighted by Gasteiger charge is 2.18. The summed E-state index contributed by atoms with van der Waals surface area (Å²) in [5, 5.41) is 3.59. The minimum Gasteiger partial charge on any atom is -0.299 e. The van der Waals surface area contributed by atoms with E-state index in [2.05, 4.69) is 10.0 Å². The fourth-order valence-electron chi connectivity index (χ4n) is 1.67. The van der Waals surface area contributed by atoms with E-state index in [0.29, 0.717) is 18.8 Å². The van der Waals surface area contributed by atoms with Crippen LogP contribution in [-0.2, 0) is 11.2 Å². The van der Waals surface area contributed by atoms with Crippen molar-refractivity contribution in [2.24, 2.45) is 11.0 Å². The molecule has 1 aromatic rings. The number of hydrogen-bond donors (Lipinski definition) is 0. The van der Waals surface area contributed by atoms with Gasteiger partial charge in [0, 0.05) is 11.3 Å². The van der Waals surface area contributed by atoms with Gasteiger partial charge in [-0.05, 0) is 23.4 Å². The summed E-state index contributed by atoms with van der Waals surface area (Å²) in [7, 11) is 0. The summed E-state index contributed by atoms with van der Waals surface area (Å²) >= 11 is 0. The van der Waals surface area contributed by atoms with E-state index >= 15 is 0 Å². The second-order valence-electron chi connectivity index (χ2n) is 4.48. The minimum absolute atomic E-state index is 0.0114. The molecular formula is C13H17N3O. The molecule has 1 aromatic carbocycles. The first-order chi connectivity index (χ1) is 8.13. The fourth-order valence-corrected chi connectivity index (χ4v) is 1.67. The van der Waals surface area contributed by atoms with E-state index in [1.165, 1.54) is 0 Å². The van der Waals surface area contributed by atoms with Crippen molar-refractivity contribution in [2.75, 3.05) is 0 Å². The molecule has 0 bridgehead atoms. The van der Waals surface area contributed by atoms with Crippen molar-refractivity contribution >= 4 is 5.78 Å². The zero-order valence-electron chi connectivity index (χ0n) is 10.2. The number of ketones is 1. The van der Waals surface area contributed by atoms with Crippen molar-refractivity contribution in [1.29, 1.82) is 0 Å². The Morgan fingerprint density at radius 2 is 2.00 bits per heavy atom. The van der Waals surface area contributed by atoms with E-state index in [-0.39, 0.29) is 5.78 Å². The zero-order chi connectivity index (χ0) is 12.7. The Labute approximate surface area is 101 Å².